The van der Waals surface area contributed by atoms with E-state index in [2.05, 4.69) is 5.32 Å². The molecule has 1 aliphatic carbocycles. The lowest BCUT2D eigenvalue weighted by Crippen LogP contribution is -2.38. The Labute approximate surface area is 125 Å². The van der Waals surface area contributed by atoms with E-state index < -0.39 is 5.91 Å². The van der Waals surface area contributed by atoms with Crippen LogP contribution in [0.1, 0.15) is 37.7 Å². The summed E-state index contributed by atoms with van der Waals surface area (Å²) in [4.78, 5) is 23.6. The van der Waals surface area contributed by atoms with Gasteiger partial charge in [0.2, 0.25) is 11.8 Å². The number of anilines is 1. The molecule has 0 bridgehead atoms. The van der Waals surface area contributed by atoms with Crippen LogP contribution in [0.2, 0.25) is 0 Å². The van der Waals surface area contributed by atoms with Gasteiger partial charge in [-0.3, -0.25) is 9.59 Å². The van der Waals surface area contributed by atoms with Gasteiger partial charge in [-0.1, -0.05) is 37.5 Å². The molecule has 0 spiro atoms. The van der Waals surface area contributed by atoms with Crippen molar-refractivity contribution in [2.45, 2.75) is 44.6 Å². The lowest BCUT2D eigenvalue weighted by molar-refractivity contribution is -0.121. The molecule has 0 heterocycles. The highest BCUT2D eigenvalue weighted by Gasteiger charge is 2.27. The van der Waals surface area contributed by atoms with Crippen molar-refractivity contribution in [1.82, 2.24) is 0 Å². The quantitative estimate of drug-likeness (QED) is 0.733. The Balaban J connectivity index is 2.09. The van der Waals surface area contributed by atoms with Crippen LogP contribution in [0.25, 0.3) is 0 Å². The van der Waals surface area contributed by atoms with Gasteiger partial charge < -0.3 is 16.8 Å². The number of rotatable bonds is 4. The SMILES string of the molecule is NC(=O)Cc1ccccc1NC(=O)C1CCCCCC1N. The Bertz CT molecular complexity index is 516. The summed E-state index contributed by atoms with van der Waals surface area (Å²) in [6.07, 6.45) is 5.09. The predicted octanol–water partition coefficient (Wildman–Crippen LogP) is 1.56. The van der Waals surface area contributed by atoms with Crippen LogP contribution >= 0.6 is 0 Å². The van der Waals surface area contributed by atoms with Gasteiger partial charge in [-0.2, -0.15) is 0 Å². The Hall–Kier alpha value is -1.88. The molecule has 1 saturated carbocycles. The zero-order valence-corrected chi connectivity index (χ0v) is 12.2. The number of hydrogen-bond donors (Lipinski definition) is 3. The molecular formula is C16H23N3O2. The van der Waals surface area contributed by atoms with Gasteiger partial charge >= 0.3 is 0 Å². The lowest BCUT2D eigenvalue weighted by Gasteiger charge is -2.21. The van der Waals surface area contributed by atoms with Gasteiger partial charge in [-0.15, -0.1) is 0 Å². The summed E-state index contributed by atoms with van der Waals surface area (Å²) in [6.45, 7) is 0. The molecule has 5 nitrogen and oxygen atoms in total. The highest BCUT2D eigenvalue weighted by atomic mass is 16.2. The van der Waals surface area contributed by atoms with Crippen molar-refractivity contribution in [3.63, 3.8) is 0 Å². The number of benzene rings is 1. The molecule has 2 atom stereocenters. The molecule has 2 amide bonds. The predicted molar refractivity (Wildman–Crippen MR) is 82.5 cm³/mol. The molecule has 1 aromatic rings. The van der Waals surface area contributed by atoms with Gasteiger partial charge in [-0.25, -0.2) is 0 Å². The van der Waals surface area contributed by atoms with E-state index in [1.54, 1.807) is 12.1 Å². The van der Waals surface area contributed by atoms with Crippen molar-refractivity contribution in [3.05, 3.63) is 29.8 Å². The Morgan fingerprint density at radius 3 is 2.62 bits per heavy atom. The fourth-order valence-electron chi connectivity index (χ4n) is 2.87. The van der Waals surface area contributed by atoms with Crippen LogP contribution in [0.4, 0.5) is 5.69 Å². The minimum atomic E-state index is -0.414. The highest BCUT2D eigenvalue weighted by Crippen LogP contribution is 2.24. The van der Waals surface area contributed by atoms with Crippen LogP contribution in [0, 0.1) is 5.92 Å². The third-order valence-corrected chi connectivity index (χ3v) is 4.05. The van der Waals surface area contributed by atoms with Crippen LogP contribution in [-0.4, -0.2) is 17.9 Å². The van der Waals surface area contributed by atoms with Gasteiger partial charge in [-0.05, 0) is 24.5 Å². The van der Waals surface area contributed by atoms with Gasteiger partial charge in [0.05, 0.1) is 12.3 Å². The number of amides is 2. The Morgan fingerprint density at radius 1 is 1.14 bits per heavy atom. The number of hydrogen-bond acceptors (Lipinski definition) is 3. The van der Waals surface area contributed by atoms with Crippen LogP contribution in [-0.2, 0) is 16.0 Å². The first kappa shape index (κ1) is 15.5. The summed E-state index contributed by atoms with van der Waals surface area (Å²) in [5, 5.41) is 2.92. The second kappa shape index (κ2) is 7.22. The van der Waals surface area contributed by atoms with E-state index in [0.717, 1.165) is 37.7 Å². The molecule has 0 aromatic heterocycles. The standard InChI is InChI=1S/C16H23N3O2/c17-13-8-3-1-2-7-12(13)16(21)19-14-9-5-4-6-11(14)10-15(18)20/h4-6,9,12-13H,1-3,7-8,10,17H2,(H2,18,20)(H,19,21). The molecule has 1 aromatic carbocycles. The van der Waals surface area contributed by atoms with Gasteiger partial charge in [0, 0.05) is 11.7 Å². The number of primary amides is 1. The van der Waals surface area contributed by atoms with Crippen molar-refractivity contribution >= 4 is 17.5 Å². The fraction of sp³-hybridized carbons (Fsp3) is 0.500. The molecule has 114 valence electrons. The molecule has 21 heavy (non-hydrogen) atoms. The molecular weight excluding hydrogens is 266 g/mol. The average Bonchev–Trinajstić information content (AvgIpc) is 2.65. The summed E-state index contributed by atoms with van der Waals surface area (Å²) in [7, 11) is 0. The summed E-state index contributed by atoms with van der Waals surface area (Å²) < 4.78 is 0. The molecule has 1 fully saturated rings. The molecule has 0 aliphatic heterocycles. The van der Waals surface area contributed by atoms with Crippen molar-refractivity contribution < 1.29 is 9.59 Å². The van der Waals surface area contributed by atoms with Crippen molar-refractivity contribution in [2.75, 3.05) is 5.32 Å². The van der Waals surface area contributed by atoms with Crippen molar-refractivity contribution in [2.24, 2.45) is 17.4 Å². The minimum Gasteiger partial charge on any atom is -0.369 e. The molecule has 5 N–H and O–H groups in total. The van der Waals surface area contributed by atoms with Crippen LogP contribution in [0.3, 0.4) is 0 Å². The lowest BCUT2D eigenvalue weighted by atomic mass is 9.94. The second-order valence-corrected chi connectivity index (χ2v) is 5.70. The van der Waals surface area contributed by atoms with Gasteiger partial charge in [0.15, 0.2) is 0 Å². The summed E-state index contributed by atoms with van der Waals surface area (Å²) in [5.74, 6) is -0.627. The number of nitrogens with one attached hydrogen (secondary N) is 1. The maximum atomic E-state index is 12.5. The van der Waals surface area contributed by atoms with Gasteiger partial charge in [0.25, 0.3) is 0 Å². The van der Waals surface area contributed by atoms with Crippen molar-refractivity contribution in [3.8, 4) is 0 Å². The molecule has 1 aliphatic rings. The largest absolute Gasteiger partial charge is 0.369 e. The van der Waals surface area contributed by atoms with Crippen LogP contribution in [0.15, 0.2) is 24.3 Å². The van der Waals surface area contributed by atoms with E-state index in [1.165, 1.54) is 0 Å². The van der Waals surface area contributed by atoms with E-state index in [9.17, 15) is 9.59 Å². The van der Waals surface area contributed by atoms with E-state index in [1.807, 2.05) is 12.1 Å². The number of carbonyl (C=O) groups excluding carboxylic acids is 2. The number of carbonyl (C=O) groups is 2. The molecule has 2 rings (SSSR count). The maximum absolute atomic E-state index is 12.5. The second-order valence-electron chi connectivity index (χ2n) is 5.70. The Morgan fingerprint density at radius 2 is 1.86 bits per heavy atom. The van der Waals surface area contributed by atoms with Gasteiger partial charge in [0.1, 0.15) is 0 Å². The van der Waals surface area contributed by atoms with Crippen LogP contribution in [0.5, 0.6) is 0 Å². The number of nitrogens with two attached hydrogens (primary N) is 2. The first-order valence-corrected chi connectivity index (χ1v) is 7.50. The normalized spacial score (nSPS) is 22.3. The van der Waals surface area contributed by atoms with Crippen LogP contribution < -0.4 is 16.8 Å². The van der Waals surface area contributed by atoms with Crippen molar-refractivity contribution in [1.29, 1.82) is 0 Å². The third kappa shape index (κ3) is 4.29. The average molecular weight is 289 g/mol. The topological polar surface area (TPSA) is 98.2 Å². The minimum absolute atomic E-state index is 0.0543. The summed E-state index contributed by atoms with van der Waals surface area (Å²) in [6, 6.07) is 7.15. The smallest absolute Gasteiger partial charge is 0.229 e. The first-order chi connectivity index (χ1) is 10.1. The zero-order valence-electron chi connectivity index (χ0n) is 12.2. The van der Waals surface area contributed by atoms with E-state index in [0.29, 0.717) is 5.69 Å². The third-order valence-electron chi connectivity index (χ3n) is 4.05. The summed E-state index contributed by atoms with van der Waals surface area (Å²) in [5.41, 5.74) is 12.7. The fourth-order valence-corrected chi connectivity index (χ4v) is 2.87. The molecule has 0 saturated heterocycles. The Kier molecular flexibility index (Phi) is 5.33. The van der Waals surface area contributed by atoms with E-state index in [4.69, 9.17) is 11.5 Å². The first-order valence-electron chi connectivity index (χ1n) is 7.50. The molecule has 0 radical (unpaired) electrons. The van der Waals surface area contributed by atoms with E-state index in [-0.39, 0.29) is 24.3 Å². The highest BCUT2D eigenvalue weighted by molar-refractivity contribution is 5.94. The maximum Gasteiger partial charge on any atom is 0.229 e. The zero-order chi connectivity index (χ0) is 15.2. The number of para-hydroxylation sites is 1. The molecule has 5 heteroatoms. The monoisotopic (exact) mass is 289 g/mol. The molecule has 2 unspecified atom stereocenters. The van der Waals surface area contributed by atoms with E-state index >= 15 is 0 Å². The summed E-state index contributed by atoms with van der Waals surface area (Å²) >= 11 is 0.